The molecule has 2 aliphatic rings. The summed E-state index contributed by atoms with van der Waals surface area (Å²) in [5.41, 5.74) is 4.23. The van der Waals surface area contributed by atoms with Gasteiger partial charge in [-0.25, -0.2) is 9.59 Å². The normalized spacial score (nSPS) is 17.6. The highest BCUT2D eigenvalue weighted by Gasteiger charge is 2.38. The van der Waals surface area contributed by atoms with E-state index in [2.05, 4.69) is 5.32 Å². The molecule has 1 aliphatic heterocycles. The molecule has 2 aromatic carbocycles. The second kappa shape index (κ2) is 10.6. The number of esters is 1. The zero-order chi connectivity index (χ0) is 24.9. The number of nitrogens with one attached hydrogen (secondary N) is 1. The van der Waals surface area contributed by atoms with Crippen LogP contribution in [0.2, 0.25) is 0 Å². The lowest BCUT2D eigenvalue weighted by Gasteiger charge is -2.32. The standard InChI is InChI=1S/C26H28N2O7/c1-2-34-25(32)22(23(29)28-13-7-8-16(14-28)24(30)31)27-26(33)35-15-21-19-11-5-3-9-17(19)18-10-4-6-12-20(18)21/h3-6,9-12,16,21-22H,2,7-8,13-15H2,1H3,(H,27,33)(H,30,31)/t16-,22?/m1/s1. The molecule has 2 atom stereocenters. The third-order valence-electron chi connectivity index (χ3n) is 6.46. The van der Waals surface area contributed by atoms with E-state index >= 15 is 0 Å². The number of hydrogen-bond donors (Lipinski definition) is 2. The molecule has 2 N–H and O–H groups in total. The number of ether oxygens (including phenoxy) is 2. The molecule has 0 spiro atoms. The molecule has 0 radical (unpaired) electrons. The minimum absolute atomic E-state index is 0.0206. The van der Waals surface area contributed by atoms with Crippen molar-refractivity contribution >= 4 is 23.9 Å². The van der Waals surface area contributed by atoms with Crippen LogP contribution in [0.5, 0.6) is 0 Å². The highest BCUT2D eigenvalue weighted by atomic mass is 16.6. The largest absolute Gasteiger partial charge is 0.481 e. The summed E-state index contributed by atoms with van der Waals surface area (Å²) in [5, 5.41) is 11.6. The van der Waals surface area contributed by atoms with Gasteiger partial charge in [0.1, 0.15) is 6.61 Å². The summed E-state index contributed by atoms with van der Waals surface area (Å²) in [4.78, 5) is 50.9. The molecule has 9 nitrogen and oxygen atoms in total. The lowest BCUT2D eigenvalue weighted by molar-refractivity contribution is -0.153. The zero-order valence-corrected chi connectivity index (χ0v) is 19.4. The predicted octanol–water partition coefficient (Wildman–Crippen LogP) is 2.78. The van der Waals surface area contributed by atoms with Crippen molar-refractivity contribution in [1.82, 2.24) is 10.2 Å². The number of hydrogen-bond acceptors (Lipinski definition) is 6. The van der Waals surface area contributed by atoms with Crippen LogP contribution in [0, 0.1) is 5.92 Å². The zero-order valence-electron chi connectivity index (χ0n) is 19.4. The predicted molar refractivity (Wildman–Crippen MR) is 126 cm³/mol. The average molecular weight is 481 g/mol. The Morgan fingerprint density at radius 1 is 1.03 bits per heavy atom. The Bertz CT molecular complexity index is 1090. The number of piperidine rings is 1. The summed E-state index contributed by atoms with van der Waals surface area (Å²) < 4.78 is 10.5. The maximum atomic E-state index is 13.1. The van der Waals surface area contributed by atoms with Gasteiger partial charge in [0.25, 0.3) is 5.91 Å². The van der Waals surface area contributed by atoms with Crippen molar-refractivity contribution in [3.63, 3.8) is 0 Å². The van der Waals surface area contributed by atoms with E-state index in [1.807, 2.05) is 48.5 Å². The van der Waals surface area contributed by atoms with E-state index in [-0.39, 0.29) is 25.7 Å². The molecule has 184 valence electrons. The Balaban J connectivity index is 1.45. The molecule has 1 unspecified atom stereocenters. The van der Waals surface area contributed by atoms with Crippen LogP contribution in [0.1, 0.15) is 36.8 Å². The number of carbonyl (C=O) groups is 4. The molecule has 0 saturated carbocycles. The lowest BCUT2D eigenvalue weighted by atomic mass is 9.97. The number of alkyl carbamates (subject to hydrolysis) is 1. The second-order valence-corrected chi connectivity index (χ2v) is 8.62. The Kier molecular flexibility index (Phi) is 7.33. The van der Waals surface area contributed by atoms with Gasteiger partial charge in [0.05, 0.1) is 12.5 Å². The minimum Gasteiger partial charge on any atom is -0.481 e. The molecular formula is C26H28N2O7. The van der Waals surface area contributed by atoms with E-state index in [9.17, 15) is 24.3 Å². The molecule has 35 heavy (non-hydrogen) atoms. The topological polar surface area (TPSA) is 122 Å². The van der Waals surface area contributed by atoms with Crippen molar-refractivity contribution in [2.75, 3.05) is 26.3 Å². The fraction of sp³-hybridized carbons (Fsp3) is 0.385. The molecular weight excluding hydrogens is 452 g/mol. The molecule has 1 aliphatic carbocycles. The highest BCUT2D eigenvalue weighted by Crippen LogP contribution is 2.44. The first-order valence-corrected chi connectivity index (χ1v) is 11.7. The van der Waals surface area contributed by atoms with E-state index in [0.29, 0.717) is 19.4 Å². The van der Waals surface area contributed by atoms with Gasteiger partial charge in [0.15, 0.2) is 0 Å². The number of carboxylic acids is 1. The van der Waals surface area contributed by atoms with Gasteiger partial charge < -0.3 is 19.5 Å². The number of amides is 2. The van der Waals surface area contributed by atoms with Crippen LogP contribution in [-0.2, 0) is 23.9 Å². The van der Waals surface area contributed by atoms with E-state index in [1.54, 1.807) is 6.92 Å². The molecule has 0 aromatic heterocycles. The number of aliphatic carboxylic acids is 1. The van der Waals surface area contributed by atoms with Crippen molar-refractivity contribution in [2.24, 2.45) is 5.92 Å². The first-order chi connectivity index (χ1) is 16.9. The lowest BCUT2D eigenvalue weighted by Crippen LogP contribution is -2.55. The number of nitrogens with zero attached hydrogens (tertiary/aromatic N) is 1. The van der Waals surface area contributed by atoms with Gasteiger partial charge in [-0.1, -0.05) is 48.5 Å². The number of benzene rings is 2. The molecule has 1 heterocycles. The number of carboxylic acid groups (broad SMARTS) is 1. The molecule has 4 rings (SSSR count). The summed E-state index contributed by atoms with van der Waals surface area (Å²) in [6.45, 7) is 1.90. The first-order valence-electron chi connectivity index (χ1n) is 11.7. The first kappa shape index (κ1) is 24.3. The maximum absolute atomic E-state index is 13.1. The van der Waals surface area contributed by atoms with Gasteiger partial charge in [-0.3, -0.25) is 14.9 Å². The molecule has 0 bridgehead atoms. The third-order valence-corrected chi connectivity index (χ3v) is 6.46. The van der Waals surface area contributed by atoms with Crippen LogP contribution in [-0.4, -0.2) is 66.3 Å². The van der Waals surface area contributed by atoms with Crippen molar-refractivity contribution in [3.8, 4) is 11.1 Å². The summed E-state index contributed by atoms with van der Waals surface area (Å²) in [6, 6.07) is 14.2. The highest BCUT2D eigenvalue weighted by molar-refractivity contribution is 6.04. The maximum Gasteiger partial charge on any atom is 0.408 e. The van der Waals surface area contributed by atoms with E-state index in [4.69, 9.17) is 9.47 Å². The molecule has 1 fully saturated rings. The Morgan fingerprint density at radius 2 is 1.66 bits per heavy atom. The van der Waals surface area contributed by atoms with Crippen LogP contribution < -0.4 is 5.32 Å². The van der Waals surface area contributed by atoms with Crippen LogP contribution >= 0.6 is 0 Å². The fourth-order valence-corrected chi connectivity index (χ4v) is 4.77. The number of carbonyl (C=O) groups excluding carboxylic acids is 3. The van der Waals surface area contributed by atoms with Crippen molar-refractivity contribution in [1.29, 1.82) is 0 Å². The Labute approximate surface area is 203 Å². The fourth-order valence-electron chi connectivity index (χ4n) is 4.77. The van der Waals surface area contributed by atoms with Gasteiger partial charge in [0, 0.05) is 19.0 Å². The second-order valence-electron chi connectivity index (χ2n) is 8.62. The van der Waals surface area contributed by atoms with Gasteiger partial charge in [-0.15, -0.1) is 0 Å². The van der Waals surface area contributed by atoms with E-state index < -0.39 is 35.9 Å². The third kappa shape index (κ3) is 5.13. The molecule has 2 amide bonds. The van der Waals surface area contributed by atoms with E-state index in [0.717, 1.165) is 22.3 Å². The number of likely N-dealkylation sites (tertiary alicyclic amines) is 1. The molecule has 1 saturated heterocycles. The van der Waals surface area contributed by atoms with Gasteiger partial charge >= 0.3 is 18.0 Å². The van der Waals surface area contributed by atoms with Crippen molar-refractivity contribution in [3.05, 3.63) is 59.7 Å². The van der Waals surface area contributed by atoms with Crippen molar-refractivity contribution in [2.45, 2.75) is 31.7 Å². The summed E-state index contributed by atoms with van der Waals surface area (Å²) in [7, 11) is 0. The quantitative estimate of drug-likeness (QED) is 0.462. The van der Waals surface area contributed by atoms with Gasteiger partial charge in [-0.05, 0) is 42.0 Å². The Hall–Kier alpha value is -3.88. The SMILES string of the molecule is CCOC(=O)C(NC(=O)OCC1c2ccccc2-c2ccccc21)C(=O)N1CCC[C@@H](C(=O)O)C1. The van der Waals surface area contributed by atoms with Crippen LogP contribution in [0.4, 0.5) is 4.79 Å². The average Bonchev–Trinajstić information content (AvgIpc) is 3.19. The molecule has 2 aromatic rings. The molecule has 9 heteroatoms. The van der Waals surface area contributed by atoms with Crippen LogP contribution in [0.3, 0.4) is 0 Å². The summed E-state index contributed by atoms with van der Waals surface area (Å²) in [5.74, 6) is -3.51. The van der Waals surface area contributed by atoms with Crippen LogP contribution in [0.15, 0.2) is 48.5 Å². The Morgan fingerprint density at radius 3 is 2.26 bits per heavy atom. The van der Waals surface area contributed by atoms with Gasteiger partial charge in [0.2, 0.25) is 6.04 Å². The van der Waals surface area contributed by atoms with Gasteiger partial charge in [-0.2, -0.15) is 0 Å². The minimum atomic E-state index is -1.61. The monoisotopic (exact) mass is 480 g/mol. The van der Waals surface area contributed by atoms with Crippen LogP contribution in [0.25, 0.3) is 11.1 Å². The number of rotatable bonds is 7. The van der Waals surface area contributed by atoms with Crippen molar-refractivity contribution < 1.29 is 33.8 Å². The summed E-state index contributed by atoms with van der Waals surface area (Å²) >= 11 is 0. The smallest absolute Gasteiger partial charge is 0.408 e. The number of fused-ring (bicyclic) bond motifs is 3. The van der Waals surface area contributed by atoms with E-state index in [1.165, 1.54) is 4.90 Å². The summed E-state index contributed by atoms with van der Waals surface area (Å²) in [6.07, 6.45) is 0.0108.